The van der Waals surface area contributed by atoms with Gasteiger partial charge in [0.25, 0.3) is 5.91 Å². The van der Waals surface area contributed by atoms with E-state index in [9.17, 15) is 4.79 Å². The Balaban J connectivity index is 2.23. The van der Waals surface area contributed by atoms with Gasteiger partial charge in [0.2, 0.25) is 0 Å². The standard InChI is InChI=1S/C10H14N6O/c1-6-4-8(14-15(6)2)13-10(17)9-7(11)5-12-16(9)3/h4-5H,11H2,1-3H3,(H,13,14,17). The number of nitrogen functional groups attached to an aromatic ring is 1. The van der Waals surface area contributed by atoms with Crippen LogP contribution in [-0.2, 0) is 14.1 Å². The van der Waals surface area contributed by atoms with E-state index in [1.807, 2.05) is 14.0 Å². The third kappa shape index (κ3) is 1.99. The van der Waals surface area contributed by atoms with Crippen LogP contribution in [0.4, 0.5) is 11.5 Å². The van der Waals surface area contributed by atoms with Crippen LogP contribution in [0.25, 0.3) is 0 Å². The van der Waals surface area contributed by atoms with E-state index in [-0.39, 0.29) is 5.91 Å². The number of nitrogens with zero attached hydrogens (tertiary/aromatic N) is 4. The van der Waals surface area contributed by atoms with Gasteiger partial charge in [0.1, 0.15) is 5.69 Å². The summed E-state index contributed by atoms with van der Waals surface area (Å²) in [5.41, 5.74) is 7.29. The fourth-order valence-electron chi connectivity index (χ4n) is 1.53. The van der Waals surface area contributed by atoms with E-state index in [0.29, 0.717) is 17.2 Å². The Morgan fingerprint density at radius 3 is 2.59 bits per heavy atom. The molecule has 2 aromatic rings. The summed E-state index contributed by atoms with van der Waals surface area (Å²) in [5, 5.41) is 10.7. The van der Waals surface area contributed by atoms with Crippen molar-refractivity contribution in [2.24, 2.45) is 14.1 Å². The summed E-state index contributed by atoms with van der Waals surface area (Å²) in [6.45, 7) is 1.90. The molecule has 17 heavy (non-hydrogen) atoms. The molecule has 0 unspecified atom stereocenters. The van der Waals surface area contributed by atoms with Crippen LogP contribution < -0.4 is 11.1 Å². The van der Waals surface area contributed by atoms with Crippen molar-refractivity contribution in [2.75, 3.05) is 11.1 Å². The average molecular weight is 234 g/mol. The van der Waals surface area contributed by atoms with Gasteiger partial charge in [0, 0.05) is 25.9 Å². The van der Waals surface area contributed by atoms with E-state index in [1.54, 1.807) is 17.8 Å². The fraction of sp³-hybridized carbons (Fsp3) is 0.300. The van der Waals surface area contributed by atoms with Crippen LogP contribution >= 0.6 is 0 Å². The smallest absolute Gasteiger partial charge is 0.277 e. The zero-order valence-corrected chi connectivity index (χ0v) is 9.93. The van der Waals surface area contributed by atoms with Gasteiger partial charge >= 0.3 is 0 Å². The highest BCUT2D eigenvalue weighted by molar-refractivity contribution is 6.05. The Kier molecular flexibility index (Phi) is 2.58. The molecule has 3 N–H and O–H groups in total. The van der Waals surface area contributed by atoms with Gasteiger partial charge in [-0.05, 0) is 6.92 Å². The first kappa shape index (κ1) is 11.2. The summed E-state index contributed by atoms with van der Waals surface area (Å²) in [6.07, 6.45) is 1.44. The first-order valence-corrected chi connectivity index (χ1v) is 5.08. The van der Waals surface area contributed by atoms with Crippen LogP contribution in [0.3, 0.4) is 0 Å². The Hall–Kier alpha value is -2.31. The van der Waals surface area contributed by atoms with Crippen molar-refractivity contribution in [1.82, 2.24) is 19.6 Å². The average Bonchev–Trinajstić information content (AvgIpc) is 2.72. The summed E-state index contributed by atoms with van der Waals surface area (Å²) < 4.78 is 3.11. The highest BCUT2D eigenvalue weighted by atomic mass is 16.2. The van der Waals surface area contributed by atoms with E-state index < -0.39 is 0 Å². The molecule has 2 heterocycles. The summed E-state index contributed by atoms with van der Waals surface area (Å²) in [5.74, 6) is 0.177. The van der Waals surface area contributed by atoms with Gasteiger partial charge in [-0.3, -0.25) is 14.2 Å². The molecule has 90 valence electrons. The zero-order chi connectivity index (χ0) is 12.6. The molecule has 1 amide bonds. The zero-order valence-electron chi connectivity index (χ0n) is 9.93. The predicted molar refractivity (Wildman–Crippen MR) is 63.5 cm³/mol. The molecule has 7 nitrogen and oxygen atoms in total. The van der Waals surface area contributed by atoms with E-state index in [0.717, 1.165) is 5.69 Å². The van der Waals surface area contributed by atoms with Crippen molar-refractivity contribution in [1.29, 1.82) is 0 Å². The van der Waals surface area contributed by atoms with Crippen molar-refractivity contribution in [3.8, 4) is 0 Å². The molecule has 0 saturated heterocycles. The first-order valence-electron chi connectivity index (χ1n) is 5.08. The molecule has 0 bridgehead atoms. The monoisotopic (exact) mass is 234 g/mol. The quantitative estimate of drug-likeness (QED) is 0.781. The molecule has 0 aliphatic carbocycles. The molecule has 0 atom stereocenters. The van der Waals surface area contributed by atoms with E-state index in [1.165, 1.54) is 10.9 Å². The minimum Gasteiger partial charge on any atom is -0.396 e. The second-order valence-electron chi connectivity index (χ2n) is 3.82. The van der Waals surface area contributed by atoms with Crippen LogP contribution in [0.2, 0.25) is 0 Å². The largest absolute Gasteiger partial charge is 0.396 e. The van der Waals surface area contributed by atoms with Gasteiger partial charge < -0.3 is 11.1 Å². The van der Waals surface area contributed by atoms with E-state index >= 15 is 0 Å². The molecule has 0 fully saturated rings. The number of hydrogen-bond donors (Lipinski definition) is 2. The van der Waals surface area contributed by atoms with E-state index in [4.69, 9.17) is 5.73 Å². The Morgan fingerprint density at radius 1 is 1.41 bits per heavy atom. The lowest BCUT2D eigenvalue weighted by Crippen LogP contribution is -2.18. The molecule has 0 aliphatic heterocycles. The van der Waals surface area contributed by atoms with Crippen LogP contribution in [-0.4, -0.2) is 25.5 Å². The van der Waals surface area contributed by atoms with Crippen LogP contribution in [0.15, 0.2) is 12.3 Å². The van der Waals surface area contributed by atoms with Crippen LogP contribution in [0, 0.1) is 6.92 Å². The predicted octanol–water partition coefficient (Wildman–Crippen LogP) is 0.297. The molecule has 7 heteroatoms. The van der Waals surface area contributed by atoms with Gasteiger partial charge in [0.05, 0.1) is 11.9 Å². The third-order valence-electron chi connectivity index (χ3n) is 2.54. The van der Waals surface area contributed by atoms with Crippen molar-refractivity contribution in [2.45, 2.75) is 6.92 Å². The molecule has 0 saturated carbocycles. The normalized spacial score (nSPS) is 10.5. The first-order chi connectivity index (χ1) is 7.99. The second-order valence-corrected chi connectivity index (χ2v) is 3.82. The molecule has 0 aliphatic rings. The summed E-state index contributed by atoms with van der Waals surface area (Å²) in [7, 11) is 3.47. The highest BCUT2D eigenvalue weighted by Crippen LogP contribution is 2.13. The van der Waals surface area contributed by atoms with Gasteiger partial charge in [-0.1, -0.05) is 0 Å². The van der Waals surface area contributed by atoms with E-state index in [2.05, 4.69) is 15.5 Å². The lowest BCUT2D eigenvalue weighted by atomic mass is 10.3. The molecule has 2 aromatic heterocycles. The fourth-order valence-corrected chi connectivity index (χ4v) is 1.53. The van der Waals surface area contributed by atoms with Gasteiger partial charge in [-0.25, -0.2) is 0 Å². The number of hydrogen-bond acceptors (Lipinski definition) is 4. The number of anilines is 2. The SMILES string of the molecule is Cc1cc(NC(=O)c2c(N)cnn2C)nn1C. The molecule has 0 spiro atoms. The number of rotatable bonds is 2. The maximum Gasteiger partial charge on any atom is 0.277 e. The van der Waals surface area contributed by atoms with Crippen LogP contribution in [0.5, 0.6) is 0 Å². The summed E-state index contributed by atoms with van der Waals surface area (Å²) in [4.78, 5) is 11.9. The lowest BCUT2D eigenvalue weighted by Gasteiger charge is -2.03. The molecular formula is C10H14N6O. The minimum atomic E-state index is -0.319. The second kappa shape index (κ2) is 3.93. The van der Waals surface area contributed by atoms with Gasteiger partial charge in [-0.2, -0.15) is 10.2 Å². The molecule has 0 radical (unpaired) electrons. The number of aryl methyl sites for hydroxylation is 3. The number of nitrogens with two attached hydrogens (primary N) is 1. The minimum absolute atomic E-state index is 0.319. The topological polar surface area (TPSA) is 90.8 Å². The van der Waals surface area contributed by atoms with Gasteiger partial charge in [-0.15, -0.1) is 0 Å². The van der Waals surface area contributed by atoms with Crippen molar-refractivity contribution < 1.29 is 4.79 Å². The molecular weight excluding hydrogens is 220 g/mol. The number of aromatic nitrogens is 4. The number of nitrogens with one attached hydrogen (secondary N) is 1. The van der Waals surface area contributed by atoms with Crippen molar-refractivity contribution in [3.05, 3.63) is 23.7 Å². The number of carbonyl (C=O) groups excluding carboxylic acids is 1. The molecule has 2 rings (SSSR count). The highest BCUT2D eigenvalue weighted by Gasteiger charge is 2.16. The third-order valence-corrected chi connectivity index (χ3v) is 2.54. The number of amides is 1. The number of carbonyl (C=O) groups is 1. The Bertz CT molecular complexity index is 528. The van der Waals surface area contributed by atoms with Crippen molar-refractivity contribution in [3.63, 3.8) is 0 Å². The van der Waals surface area contributed by atoms with Crippen molar-refractivity contribution >= 4 is 17.4 Å². The summed E-state index contributed by atoms with van der Waals surface area (Å²) in [6, 6.07) is 1.78. The van der Waals surface area contributed by atoms with Crippen LogP contribution in [0.1, 0.15) is 16.2 Å². The maximum absolute atomic E-state index is 11.9. The maximum atomic E-state index is 11.9. The van der Waals surface area contributed by atoms with Gasteiger partial charge in [0.15, 0.2) is 5.82 Å². The Labute approximate surface area is 98.2 Å². The Morgan fingerprint density at radius 2 is 2.12 bits per heavy atom. The lowest BCUT2D eigenvalue weighted by molar-refractivity contribution is 0.101. The molecule has 0 aromatic carbocycles. The summed E-state index contributed by atoms with van der Waals surface area (Å²) >= 11 is 0.